The number of hydrogen-bond acceptors (Lipinski definition) is 3. The van der Waals surface area contributed by atoms with Crippen molar-refractivity contribution in [2.24, 2.45) is 0 Å². The Hall–Kier alpha value is -0.770. The van der Waals surface area contributed by atoms with Crippen LogP contribution in [0.25, 0.3) is 0 Å². The maximum Gasteiger partial charge on any atom is 0.411 e. The van der Waals surface area contributed by atoms with E-state index in [-0.39, 0.29) is 12.3 Å². The number of piperidine rings is 1. The quantitative estimate of drug-likeness (QED) is 0.701. The predicted molar refractivity (Wildman–Crippen MR) is 53.0 cm³/mol. The van der Waals surface area contributed by atoms with Gasteiger partial charge >= 0.3 is 6.09 Å². The molecule has 0 aliphatic carbocycles. The van der Waals surface area contributed by atoms with E-state index in [1.165, 1.54) is 0 Å². The summed E-state index contributed by atoms with van der Waals surface area (Å²) in [6, 6.07) is 0. The standard InChI is InChI=1S/C10H19NO3/c1-3-13-9-7-5-6-8-11(9)10(12)14-4-2/h9H,3-8H2,1-2H3. The fraction of sp³-hybridized carbons (Fsp3) is 0.900. The van der Waals surface area contributed by atoms with Gasteiger partial charge < -0.3 is 9.47 Å². The molecule has 0 bridgehead atoms. The van der Waals surface area contributed by atoms with Crippen LogP contribution >= 0.6 is 0 Å². The molecule has 4 heteroatoms. The van der Waals surface area contributed by atoms with Crippen LogP contribution in [0.1, 0.15) is 33.1 Å². The van der Waals surface area contributed by atoms with E-state index in [1.807, 2.05) is 13.8 Å². The van der Waals surface area contributed by atoms with Gasteiger partial charge in [0, 0.05) is 13.2 Å². The second-order valence-electron chi connectivity index (χ2n) is 3.30. The fourth-order valence-electron chi connectivity index (χ4n) is 1.68. The molecule has 1 heterocycles. The number of carbonyl (C=O) groups is 1. The highest BCUT2D eigenvalue weighted by molar-refractivity contribution is 5.67. The Morgan fingerprint density at radius 1 is 1.36 bits per heavy atom. The highest BCUT2D eigenvalue weighted by atomic mass is 16.6. The Morgan fingerprint density at radius 3 is 2.79 bits per heavy atom. The van der Waals surface area contributed by atoms with Crippen molar-refractivity contribution in [3.05, 3.63) is 0 Å². The molecule has 14 heavy (non-hydrogen) atoms. The highest BCUT2D eigenvalue weighted by Crippen LogP contribution is 2.18. The number of ether oxygens (including phenoxy) is 2. The number of carbonyl (C=O) groups excluding carboxylic acids is 1. The van der Waals surface area contributed by atoms with Gasteiger partial charge in [-0.1, -0.05) is 0 Å². The first kappa shape index (κ1) is 11.3. The summed E-state index contributed by atoms with van der Waals surface area (Å²) in [5, 5.41) is 0. The van der Waals surface area contributed by atoms with Crippen LogP contribution in [-0.4, -0.2) is 37.0 Å². The Morgan fingerprint density at radius 2 is 2.14 bits per heavy atom. The van der Waals surface area contributed by atoms with Crippen LogP contribution in [0, 0.1) is 0 Å². The van der Waals surface area contributed by atoms with E-state index in [0.717, 1.165) is 25.8 Å². The van der Waals surface area contributed by atoms with Crippen molar-refractivity contribution in [2.45, 2.75) is 39.3 Å². The minimum atomic E-state index is -0.245. The van der Waals surface area contributed by atoms with Crippen molar-refractivity contribution in [3.8, 4) is 0 Å². The zero-order valence-corrected chi connectivity index (χ0v) is 8.99. The number of likely N-dealkylation sites (tertiary alicyclic amines) is 1. The lowest BCUT2D eigenvalue weighted by molar-refractivity contribution is -0.0666. The molecule has 0 spiro atoms. The van der Waals surface area contributed by atoms with Gasteiger partial charge in [-0.25, -0.2) is 4.79 Å². The lowest BCUT2D eigenvalue weighted by atomic mass is 10.1. The first-order valence-corrected chi connectivity index (χ1v) is 5.34. The highest BCUT2D eigenvalue weighted by Gasteiger charge is 2.27. The first-order chi connectivity index (χ1) is 6.79. The molecule has 4 nitrogen and oxygen atoms in total. The van der Waals surface area contributed by atoms with Gasteiger partial charge in [0.15, 0.2) is 0 Å². The zero-order chi connectivity index (χ0) is 10.4. The molecular formula is C10H19NO3. The third-order valence-electron chi connectivity index (χ3n) is 2.31. The molecule has 0 radical (unpaired) electrons. The molecule has 1 fully saturated rings. The molecule has 0 aromatic heterocycles. The van der Waals surface area contributed by atoms with Gasteiger partial charge in [0.2, 0.25) is 0 Å². The lowest BCUT2D eigenvalue weighted by Gasteiger charge is -2.34. The maximum atomic E-state index is 11.5. The van der Waals surface area contributed by atoms with E-state index < -0.39 is 0 Å². The summed E-state index contributed by atoms with van der Waals surface area (Å²) in [6.07, 6.45) is 2.77. The Balaban J connectivity index is 2.48. The Bertz CT molecular complexity index is 182. The largest absolute Gasteiger partial charge is 0.450 e. The third-order valence-corrected chi connectivity index (χ3v) is 2.31. The van der Waals surface area contributed by atoms with E-state index in [9.17, 15) is 4.79 Å². The van der Waals surface area contributed by atoms with Crippen molar-refractivity contribution in [1.29, 1.82) is 0 Å². The van der Waals surface area contributed by atoms with Crippen LogP contribution in [0.15, 0.2) is 0 Å². The van der Waals surface area contributed by atoms with Crippen molar-refractivity contribution in [1.82, 2.24) is 4.90 Å². The summed E-state index contributed by atoms with van der Waals surface area (Å²) in [5.74, 6) is 0. The molecule has 1 saturated heterocycles. The maximum absolute atomic E-state index is 11.5. The van der Waals surface area contributed by atoms with Gasteiger partial charge in [0.25, 0.3) is 0 Å². The van der Waals surface area contributed by atoms with Gasteiger partial charge in [-0.15, -0.1) is 0 Å². The van der Waals surface area contributed by atoms with Crippen molar-refractivity contribution in [2.75, 3.05) is 19.8 Å². The first-order valence-electron chi connectivity index (χ1n) is 5.34. The van der Waals surface area contributed by atoms with Gasteiger partial charge in [-0.05, 0) is 33.1 Å². The van der Waals surface area contributed by atoms with E-state index in [0.29, 0.717) is 13.2 Å². The molecule has 0 N–H and O–H groups in total. The number of nitrogens with zero attached hydrogens (tertiary/aromatic N) is 1. The summed E-state index contributed by atoms with van der Waals surface area (Å²) in [5.41, 5.74) is 0. The topological polar surface area (TPSA) is 38.8 Å². The smallest absolute Gasteiger partial charge is 0.411 e. The summed E-state index contributed by atoms with van der Waals surface area (Å²) in [4.78, 5) is 13.2. The van der Waals surface area contributed by atoms with Crippen molar-refractivity contribution in [3.63, 3.8) is 0 Å². The molecular weight excluding hydrogens is 182 g/mol. The van der Waals surface area contributed by atoms with Crippen LogP contribution in [0.4, 0.5) is 4.79 Å². The van der Waals surface area contributed by atoms with Crippen LogP contribution < -0.4 is 0 Å². The number of hydrogen-bond donors (Lipinski definition) is 0. The van der Waals surface area contributed by atoms with Crippen molar-refractivity contribution >= 4 is 6.09 Å². The van der Waals surface area contributed by atoms with Crippen LogP contribution in [0.2, 0.25) is 0 Å². The summed E-state index contributed by atoms with van der Waals surface area (Å²) in [7, 11) is 0. The third kappa shape index (κ3) is 2.87. The van der Waals surface area contributed by atoms with E-state index in [4.69, 9.17) is 9.47 Å². The van der Waals surface area contributed by atoms with Crippen LogP contribution in [0.3, 0.4) is 0 Å². The van der Waals surface area contributed by atoms with Gasteiger partial charge in [0.1, 0.15) is 6.23 Å². The summed E-state index contributed by atoms with van der Waals surface area (Å²) in [6.45, 7) is 5.58. The monoisotopic (exact) mass is 201 g/mol. The molecule has 1 aliphatic rings. The molecule has 1 aliphatic heterocycles. The van der Waals surface area contributed by atoms with Gasteiger partial charge in [-0.2, -0.15) is 0 Å². The van der Waals surface area contributed by atoms with E-state index in [2.05, 4.69) is 0 Å². The zero-order valence-electron chi connectivity index (χ0n) is 8.99. The van der Waals surface area contributed by atoms with Gasteiger partial charge in [-0.3, -0.25) is 4.90 Å². The van der Waals surface area contributed by atoms with Crippen LogP contribution in [-0.2, 0) is 9.47 Å². The molecule has 1 amide bonds. The van der Waals surface area contributed by atoms with Crippen LogP contribution in [0.5, 0.6) is 0 Å². The summed E-state index contributed by atoms with van der Waals surface area (Å²) >= 11 is 0. The normalized spacial score (nSPS) is 22.1. The summed E-state index contributed by atoms with van der Waals surface area (Å²) < 4.78 is 10.5. The minimum Gasteiger partial charge on any atom is -0.450 e. The molecule has 1 unspecified atom stereocenters. The van der Waals surface area contributed by atoms with Crippen molar-refractivity contribution < 1.29 is 14.3 Å². The molecule has 0 aromatic carbocycles. The average Bonchev–Trinajstić information content (AvgIpc) is 2.19. The SMILES string of the molecule is CCOC(=O)N1CCCCC1OCC. The molecule has 0 aromatic rings. The Labute approximate surface area is 85.2 Å². The second kappa shape index (κ2) is 5.86. The average molecular weight is 201 g/mol. The predicted octanol–water partition coefficient (Wildman–Crippen LogP) is 1.99. The molecule has 1 rings (SSSR count). The van der Waals surface area contributed by atoms with Gasteiger partial charge in [0.05, 0.1) is 6.61 Å². The minimum absolute atomic E-state index is 0.0761. The van der Waals surface area contributed by atoms with E-state index in [1.54, 1.807) is 4.90 Å². The molecule has 1 atom stereocenters. The Kier molecular flexibility index (Phi) is 4.73. The van der Waals surface area contributed by atoms with E-state index >= 15 is 0 Å². The fourth-order valence-corrected chi connectivity index (χ4v) is 1.68. The number of amides is 1. The molecule has 0 saturated carbocycles. The second-order valence-corrected chi connectivity index (χ2v) is 3.30. The molecule has 82 valence electrons. The lowest BCUT2D eigenvalue weighted by Crippen LogP contribution is -2.45. The number of rotatable bonds is 3.